The van der Waals surface area contributed by atoms with Gasteiger partial charge in [0.25, 0.3) is 5.91 Å². The summed E-state index contributed by atoms with van der Waals surface area (Å²) in [5, 5.41) is 9.42. The van der Waals surface area contributed by atoms with Crippen molar-refractivity contribution in [3.05, 3.63) is 119 Å². The van der Waals surface area contributed by atoms with E-state index >= 15 is 0 Å². The van der Waals surface area contributed by atoms with Crippen LogP contribution in [0.25, 0.3) is 0 Å². The van der Waals surface area contributed by atoms with E-state index in [1.165, 1.54) is 0 Å². The summed E-state index contributed by atoms with van der Waals surface area (Å²) in [5.41, 5.74) is 3.06. The Labute approximate surface area is 190 Å². The predicted molar refractivity (Wildman–Crippen MR) is 126 cm³/mol. The van der Waals surface area contributed by atoms with Crippen LogP contribution in [0.5, 0.6) is 0 Å². The second-order valence-corrected chi connectivity index (χ2v) is 7.50. The summed E-state index contributed by atoms with van der Waals surface area (Å²) in [6.45, 7) is 0. The average Bonchev–Trinajstić information content (AvgIpc) is 2.81. The van der Waals surface area contributed by atoms with E-state index in [1.54, 1.807) is 59.5 Å². The summed E-state index contributed by atoms with van der Waals surface area (Å²) < 4.78 is 0. The Morgan fingerprint density at radius 1 is 0.677 bits per heavy atom. The van der Waals surface area contributed by atoms with Gasteiger partial charge in [0.2, 0.25) is 0 Å². The van der Waals surface area contributed by atoms with Gasteiger partial charge in [-0.3, -0.25) is 9.69 Å². The van der Waals surface area contributed by atoms with Crippen LogP contribution < -0.4 is 4.90 Å². The quantitative estimate of drug-likeness (QED) is 0.284. The van der Waals surface area contributed by atoms with Gasteiger partial charge in [-0.25, -0.2) is 0 Å². The van der Waals surface area contributed by atoms with Gasteiger partial charge < -0.3 is 0 Å². The fourth-order valence-corrected chi connectivity index (χ4v) is 3.40. The number of hydrogen-bond donors (Lipinski definition) is 0. The third-order valence-corrected chi connectivity index (χ3v) is 5.07. The number of benzene rings is 4. The van der Waals surface area contributed by atoms with E-state index in [1.807, 2.05) is 48.5 Å². The molecule has 1 amide bonds. The molecule has 0 unspecified atom stereocenters. The zero-order chi connectivity index (χ0) is 21.6. The number of carbonyl (C=O) groups is 1. The van der Waals surface area contributed by atoms with Gasteiger partial charge in [0.1, 0.15) is 0 Å². The monoisotopic (exact) mass is 445 g/mol. The molecule has 4 nitrogen and oxygen atoms in total. The minimum absolute atomic E-state index is 0.205. The highest BCUT2D eigenvalue weighted by Crippen LogP contribution is 2.36. The second-order valence-electron chi connectivity index (χ2n) is 6.65. The van der Waals surface area contributed by atoms with Gasteiger partial charge in [0.15, 0.2) is 0 Å². The van der Waals surface area contributed by atoms with Crippen molar-refractivity contribution >= 4 is 51.9 Å². The smallest absolute Gasteiger partial charge is 0.262 e. The summed E-state index contributed by atoms with van der Waals surface area (Å²) >= 11 is 12.6. The van der Waals surface area contributed by atoms with Crippen molar-refractivity contribution in [1.82, 2.24) is 0 Å². The van der Waals surface area contributed by atoms with Gasteiger partial charge in [0.05, 0.1) is 22.1 Å². The molecule has 0 aliphatic carbocycles. The highest BCUT2D eigenvalue weighted by Gasteiger charge is 2.22. The van der Waals surface area contributed by atoms with Crippen LogP contribution in [0.3, 0.4) is 0 Å². The average molecular weight is 446 g/mol. The Hall–Kier alpha value is -3.47. The lowest BCUT2D eigenvalue weighted by Crippen LogP contribution is -2.26. The number of azo groups is 1. The van der Waals surface area contributed by atoms with Crippen LogP contribution in [0.4, 0.5) is 22.7 Å². The van der Waals surface area contributed by atoms with Crippen LogP contribution in [0.15, 0.2) is 113 Å². The van der Waals surface area contributed by atoms with Gasteiger partial charge >= 0.3 is 0 Å². The molecule has 0 aliphatic heterocycles. The second kappa shape index (κ2) is 9.56. The first-order valence-electron chi connectivity index (χ1n) is 9.53. The molecule has 0 aliphatic rings. The first-order valence-corrected chi connectivity index (χ1v) is 10.3. The van der Waals surface area contributed by atoms with E-state index in [4.69, 9.17) is 23.2 Å². The molecule has 0 heterocycles. The van der Waals surface area contributed by atoms with E-state index in [-0.39, 0.29) is 5.91 Å². The lowest BCUT2D eigenvalue weighted by atomic mass is 10.1. The standard InChI is InChI=1S/C25H17Cl2N3O/c26-19-11-14-22(15-12-19)30(25(31)18-7-3-1-4-8-18)24-16-13-21(17-23(24)27)29-28-20-9-5-2-6-10-20/h1-17H. The normalized spacial score (nSPS) is 10.9. The molecule has 0 N–H and O–H groups in total. The highest BCUT2D eigenvalue weighted by atomic mass is 35.5. The number of nitrogens with zero attached hydrogens (tertiary/aromatic N) is 3. The number of halogens is 2. The zero-order valence-corrected chi connectivity index (χ0v) is 17.8. The topological polar surface area (TPSA) is 45.0 Å². The third-order valence-electron chi connectivity index (χ3n) is 4.52. The van der Waals surface area contributed by atoms with Crippen LogP contribution in [-0.4, -0.2) is 5.91 Å². The van der Waals surface area contributed by atoms with Gasteiger partial charge in [-0.15, -0.1) is 0 Å². The van der Waals surface area contributed by atoms with Crippen molar-refractivity contribution < 1.29 is 4.79 Å². The fourth-order valence-electron chi connectivity index (χ4n) is 3.02. The lowest BCUT2D eigenvalue weighted by molar-refractivity contribution is 0.0999. The Morgan fingerprint density at radius 2 is 1.29 bits per heavy atom. The van der Waals surface area contributed by atoms with Crippen molar-refractivity contribution in [1.29, 1.82) is 0 Å². The molecule has 0 saturated carbocycles. The van der Waals surface area contributed by atoms with Crippen LogP contribution in [0.2, 0.25) is 10.0 Å². The molecular weight excluding hydrogens is 429 g/mol. The molecular formula is C25H17Cl2N3O. The zero-order valence-electron chi connectivity index (χ0n) is 16.3. The van der Waals surface area contributed by atoms with E-state index in [0.29, 0.717) is 32.7 Å². The highest BCUT2D eigenvalue weighted by molar-refractivity contribution is 6.35. The number of carbonyl (C=O) groups excluding carboxylic acids is 1. The SMILES string of the molecule is O=C(c1ccccc1)N(c1ccc(Cl)cc1)c1ccc(N=Nc2ccccc2)cc1Cl. The Balaban J connectivity index is 1.72. The van der Waals surface area contributed by atoms with Gasteiger partial charge in [-0.1, -0.05) is 59.6 Å². The summed E-state index contributed by atoms with van der Waals surface area (Å²) in [7, 11) is 0. The molecule has 0 fully saturated rings. The summed E-state index contributed by atoms with van der Waals surface area (Å²) in [6.07, 6.45) is 0. The number of hydrogen-bond acceptors (Lipinski definition) is 3. The van der Waals surface area contributed by atoms with E-state index in [0.717, 1.165) is 5.69 Å². The van der Waals surface area contributed by atoms with Crippen LogP contribution in [-0.2, 0) is 0 Å². The minimum atomic E-state index is -0.205. The van der Waals surface area contributed by atoms with Crippen molar-refractivity contribution in [2.45, 2.75) is 0 Å². The molecule has 4 aromatic rings. The Kier molecular flexibility index (Phi) is 6.41. The number of rotatable bonds is 5. The van der Waals surface area contributed by atoms with Crippen molar-refractivity contribution in [2.24, 2.45) is 10.2 Å². The van der Waals surface area contributed by atoms with Gasteiger partial charge in [-0.05, 0) is 66.7 Å². The van der Waals surface area contributed by atoms with E-state index in [9.17, 15) is 4.79 Å². The van der Waals surface area contributed by atoms with E-state index < -0.39 is 0 Å². The van der Waals surface area contributed by atoms with Crippen molar-refractivity contribution in [3.63, 3.8) is 0 Å². The first-order chi connectivity index (χ1) is 15.1. The van der Waals surface area contributed by atoms with Crippen LogP contribution >= 0.6 is 23.2 Å². The maximum Gasteiger partial charge on any atom is 0.262 e. The fraction of sp³-hybridized carbons (Fsp3) is 0. The van der Waals surface area contributed by atoms with Crippen molar-refractivity contribution in [3.8, 4) is 0 Å². The molecule has 31 heavy (non-hydrogen) atoms. The molecule has 0 radical (unpaired) electrons. The minimum Gasteiger partial charge on any atom is -0.275 e. The molecule has 0 spiro atoms. The molecule has 0 atom stereocenters. The molecule has 0 bridgehead atoms. The third kappa shape index (κ3) is 5.00. The Morgan fingerprint density at radius 3 is 1.94 bits per heavy atom. The summed E-state index contributed by atoms with van der Waals surface area (Å²) in [4.78, 5) is 14.9. The van der Waals surface area contributed by atoms with Crippen LogP contribution in [0.1, 0.15) is 10.4 Å². The summed E-state index contributed by atoms with van der Waals surface area (Å²) in [6, 6.07) is 30.7. The molecule has 4 rings (SSSR count). The maximum atomic E-state index is 13.4. The number of amides is 1. The summed E-state index contributed by atoms with van der Waals surface area (Å²) in [5.74, 6) is -0.205. The first kappa shape index (κ1) is 20.8. The molecule has 4 aromatic carbocycles. The Bertz CT molecular complexity index is 1210. The molecule has 6 heteroatoms. The van der Waals surface area contributed by atoms with Crippen molar-refractivity contribution in [2.75, 3.05) is 4.90 Å². The van der Waals surface area contributed by atoms with Gasteiger partial charge in [-0.2, -0.15) is 10.2 Å². The predicted octanol–water partition coefficient (Wildman–Crippen LogP) is 8.39. The number of anilines is 2. The molecule has 0 aromatic heterocycles. The lowest BCUT2D eigenvalue weighted by Gasteiger charge is -2.24. The van der Waals surface area contributed by atoms with E-state index in [2.05, 4.69) is 10.2 Å². The maximum absolute atomic E-state index is 13.4. The molecule has 152 valence electrons. The van der Waals surface area contributed by atoms with Crippen LogP contribution in [0, 0.1) is 0 Å². The van der Waals surface area contributed by atoms with Gasteiger partial charge in [0, 0.05) is 16.3 Å². The molecule has 0 saturated heterocycles. The largest absolute Gasteiger partial charge is 0.275 e.